The van der Waals surface area contributed by atoms with E-state index in [1.165, 1.54) is 36.1 Å². The Bertz CT molecular complexity index is 753. The van der Waals surface area contributed by atoms with Crippen LogP contribution in [-0.2, 0) is 0 Å². The number of nitriles is 1. The minimum Gasteiger partial charge on any atom is -0.207 e. The fourth-order valence-corrected chi connectivity index (χ4v) is 4.88. The first kappa shape index (κ1) is 20.5. The van der Waals surface area contributed by atoms with Crippen molar-refractivity contribution in [2.75, 3.05) is 0 Å². The summed E-state index contributed by atoms with van der Waals surface area (Å²) in [6, 6.07) is 8.49. The zero-order valence-corrected chi connectivity index (χ0v) is 16.4. The van der Waals surface area contributed by atoms with Crippen molar-refractivity contribution in [3.05, 3.63) is 71.9 Å². The molecule has 3 heteroatoms. The molecule has 0 aromatic heterocycles. The highest BCUT2D eigenvalue weighted by molar-refractivity contribution is 5.22. The van der Waals surface area contributed by atoms with Gasteiger partial charge in [-0.1, -0.05) is 36.4 Å². The molecule has 3 rings (SSSR count). The lowest BCUT2D eigenvalue weighted by molar-refractivity contribution is 0.290. The van der Waals surface area contributed by atoms with Crippen molar-refractivity contribution < 1.29 is 8.78 Å². The molecule has 1 nitrogen and oxygen atoms in total. The number of rotatable bonds is 5. The Hall–Kier alpha value is -2.21. The van der Waals surface area contributed by atoms with E-state index in [2.05, 4.69) is 6.58 Å². The Kier molecular flexibility index (Phi) is 7.20. The molecule has 0 amide bonds. The third kappa shape index (κ3) is 5.41. The Morgan fingerprint density at radius 3 is 2.11 bits per heavy atom. The highest BCUT2D eigenvalue weighted by Gasteiger charge is 2.29. The van der Waals surface area contributed by atoms with E-state index in [4.69, 9.17) is 5.26 Å². The van der Waals surface area contributed by atoms with Crippen LogP contribution in [0.15, 0.2) is 60.5 Å². The molecule has 0 N–H and O–H groups in total. The van der Waals surface area contributed by atoms with Crippen molar-refractivity contribution in [3.63, 3.8) is 0 Å². The molecule has 2 fully saturated rings. The number of hydrogen-bond acceptors (Lipinski definition) is 1. The molecular formula is C25H29F2N. The number of benzene rings is 1. The molecule has 0 heterocycles. The van der Waals surface area contributed by atoms with Gasteiger partial charge in [-0.05, 0) is 98.8 Å². The third-order valence-electron chi connectivity index (χ3n) is 6.62. The Morgan fingerprint density at radius 2 is 1.54 bits per heavy atom. The molecule has 0 saturated heterocycles. The number of nitrogens with zero attached hydrogens (tertiary/aromatic N) is 1. The average molecular weight is 382 g/mol. The van der Waals surface area contributed by atoms with Crippen molar-refractivity contribution in [3.8, 4) is 6.07 Å². The molecule has 0 radical (unpaired) electrons. The lowest BCUT2D eigenvalue weighted by Gasteiger charge is -2.36. The van der Waals surface area contributed by atoms with Gasteiger partial charge in [0.05, 0.1) is 0 Å². The van der Waals surface area contributed by atoms with E-state index >= 15 is 0 Å². The first-order valence-corrected chi connectivity index (χ1v) is 10.4. The molecule has 2 aliphatic carbocycles. The van der Waals surface area contributed by atoms with Crippen molar-refractivity contribution in [1.82, 2.24) is 0 Å². The molecule has 0 spiro atoms. The largest absolute Gasteiger partial charge is 0.207 e. The van der Waals surface area contributed by atoms with Gasteiger partial charge < -0.3 is 0 Å². The first-order chi connectivity index (χ1) is 13.6. The maximum Gasteiger partial charge on any atom is 0.199 e. The highest BCUT2D eigenvalue weighted by atomic mass is 19.1. The summed E-state index contributed by atoms with van der Waals surface area (Å²) >= 11 is 0. The topological polar surface area (TPSA) is 23.8 Å². The lowest BCUT2D eigenvalue weighted by atomic mass is 9.70. The van der Waals surface area contributed by atoms with Gasteiger partial charge in [-0.25, -0.2) is 4.39 Å². The third-order valence-corrected chi connectivity index (χ3v) is 6.62. The lowest BCUT2D eigenvalue weighted by Crippen LogP contribution is -2.22. The maximum atomic E-state index is 13.1. The minimum absolute atomic E-state index is 0.164. The van der Waals surface area contributed by atoms with E-state index in [1.54, 1.807) is 18.2 Å². The van der Waals surface area contributed by atoms with Gasteiger partial charge in [0, 0.05) is 0 Å². The monoisotopic (exact) mass is 381 g/mol. The van der Waals surface area contributed by atoms with Gasteiger partial charge in [0.15, 0.2) is 5.83 Å². The number of halogens is 2. The van der Waals surface area contributed by atoms with Crippen molar-refractivity contribution in [2.24, 2.45) is 17.8 Å². The molecule has 148 valence electrons. The smallest absolute Gasteiger partial charge is 0.199 e. The van der Waals surface area contributed by atoms with Crippen LogP contribution in [0.25, 0.3) is 0 Å². The van der Waals surface area contributed by atoms with Gasteiger partial charge in [-0.2, -0.15) is 9.65 Å². The van der Waals surface area contributed by atoms with Gasteiger partial charge in [0.25, 0.3) is 0 Å². The molecule has 28 heavy (non-hydrogen) atoms. The number of allylic oxidation sites excluding steroid dienone is 5. The van der Waals surface area contributed by atoms with E-state index in [0.717, 1.165) is 38.5 Å². The summed E-state index contributed by atoms with van der Waals surface area (Å²) in [4.78, 5) is 0. The predicted octanol–water partition coefficient (Wildman–Crippen LogP) is 7.40. The SMILES string of the molecule is C=C(C1CCC(C=CC=C(F)C#N)CC1)C1CCC(c2ccc(F)cc2)CC1. The highest BCUT2D eigenvalue weighted by Crippen LogP contribution is 2.43. The van der Waals surface area contributed by atoms with E-state index < -0.39 is 5.83 Å². The van der Waals surface area contributed by atoms with Gasteiger partial charge in [-0.15, -0.1) is 0 Å². The first-order valence-electron chi connectivity index (χ1n) is 10.4. The van der Waals surface area contributed by atoms with Crippen molar-refractivity contribution >= 4 is 0 Å². The molecule has 2 saturated carbocycles. The summed E-state index contributed by atoms with van der Waals surface area (Å²) in [5.74, 6) is 1.33. The standard InChI is InChI=1S/C25H29F2N/c1-18(20-7-5-19(6-8-20)3-2-4-25(27)17-28)21-9-11-22(12-10-21)23-13-15-24(26)16-14-23/h2-4,13-16,19-22H,1,5-12H2. The molecule has 0 aliphatic heterocycles. The summed E-state index contributed by atoms with van der Waals surface area (Å²) < 4.78 is 26.0. The van der Waals surface area contributed by atoms with Gasteiger partial charge in [-0.3, -0.25) is 0 Å². The van der Waals surface area contributed by atoms with Gasteiger partial charge in [0.1, 0.15) is 11.9 Å². The minimum atomic E-state index is -0.741. The van der Waals surface area contributed by atoms with Crippen molar-refractivity contribution in [2.45, 2.75) is 57.3 Å². The zero-order valence-electron chi connectivity index (χ0n) is 16.4. The van der Waals surface area contributed by atoms with Crippen molar-refractivity contribution in [1.29, 1.82) is 5.26 Å². The fourth-order valence-electron chi connectivity index (χ4n) is 4.88. The number of hydrogen-bond donors (Lipinski definition) is 0. The molecule has 2 aliphatic rings. The Balaban J connectivity index is 1.45. The van der Waals surface area contributed by atoms with E-state index in [1.807, 2.05) is 18.2 Å². The maximum absolute atomic E-state index is 13.1. The average Bonchev–Trinajstić information content (AvgIpc) is 2.74. The fraction of sp³-hybridized carbons (Fsp3) is 0.480. The summed E-state index contributed by atoms with van der Waals surface area (Å²) in [6.07, 6.45) is 14.1. The van der Waals surface area contributed by atoms with Crippen LogP contribution in [0.3, 0.4) is 0 Å². The Labute approximate surface area is 167 Å². The molecule has 1 aromatic carbocycles. The van der Waals surface area contributed by atoms with Crippen LogP contribution in [0.5, 0.6) is 0 Å². The van der Waals surface area contributed by atoms with Crippen LogP contribution in [0.2, 0.25) is 0 Å². The van der Waals surface area contributed by atoms with Gasteiger partial charge >= 0.3 is 0 Å². The van der Waals surface area contributed by atoms with Crippen LogP contribution >= 0.6 is 0 Å². The predicted molar refractivity (Wildman–Crippen MR) is 110 cm³/mol. The molecular weight excluding hydrogens is 352 g/mol. The summed E-state index contributed by atoms with van der Waals surface area (Å²) in [7, 11) is 0. The summed E-state index contributed by atoms with van der Waals surface area (Å²) in [5, 5.41) is 8.43. The second kappa shape index (κ2) is 9.82. The van der Waals surface area contributed by atoms with E-state index in [-0.39, 0.29) is 5.82 Å². The van der Waals surface area contributed by atoms with Crippen LogP contribution in [0.1, 0.15) is 62.8 Å². The zero-order chi connectivity index (χ0) is 19.9. The second-order valence-corrected chi connectivity index (χ2v) is 8.30. The van der Waals surface area contributed by atoms with Crippen LogP contribution in [0, 0.1) is 34.9 Å². The van der Waals surface area contributed by atoms with Crippen LogP contribution in [-0.4, -0.2) is 0 Å². The normalized spacial score (nSPS) is 28.8. The van der Waals surface area contributed by atoms with E-state index in [0.29, 0.717) is 23.7 Å². The Morgan fingerprint density at radius 1 is 0.964 bits per heavy atom. The molecule has 0 bridgehead atoms. The molecule has 0 atom stereocenters. The second-order valence-electron chi connectivity index (χ2n) is 8.30. The molecule has 1 aromatic rings. The van der Waals surface area contributed by atoms with E-state index in [9.17, 15) is 8.78 Å². The summed E-state index contributed by atoms with van der Waals surface area (Å²) in [6.45, 7) is 4.47. The van der Waals surface area contributed by atoms with Crippen LogP contribution < -0.4 is 0 Å². The summed E-state index contributed by atoms with van der Waals surface area (Å²) in [5.41, 5.74) is 2.69. The molecule has 0 unspecified atom stereocenters. The quantitative estimate of drug-likeness (QED) is 0.296. The van der Waals surface area contributed by atoms with Crippen LogP contribution in [0.4, 0.5) is 8.78 Å². The van der Waals surface area contributed by atoms with Gasteiger partial charge in [0.2, 0.25) is 0 Å².